The SMILES string of the molecule is Cc1ccc(C)c(NS(=O)(=O)c2ccc(OCC(=O)Nc3ccccc3Oc3ccccc3)cc2)c1. The fraction of sp³-hybridized carbons (Fsp3) is 0.107. The molecule has 0 fully saturated rings. The lowest BCUT2D eigenvalue weighted by molar-refractivity contribution is -0.118. The second kappa shape index (κ2) is 11.0. The van der Waals surface area contributed by atoms with Crippen LogP contribution in [0.25, 0.3) is 0 Å². The Labute approximate surface area is 210 Å². The number of carbonyl (C=O) groups is 1. The standard InChI is InChI=1S/C28H26N2O5S/c1-20-12-13-21(2)26(18-20)30-36(32,33)24-16-14-22(15-17-24)34-19-28(31)29-25-10-6-7-11-27(25)35-23-8-4-3-5-9-23/h3-18,30H,19H2,1-2H3,(H,29,31). The summed E-state index contributed by atoms with van der Waals surface area (Å²) in [6.45, 7) is 3.48. The maximum atomic E-state index is 12.8. The Morgan fingerprint density at radius 1 is 0.778 bits per heavy atom. The molecule has 184 valence electrons. The van der Waals surface area contributed by atoms with E-state index in [1.165, 1.54) is 24.3 Å². The average molecular weight is 503 g/mol. The van der Waals surface area contributed by atoms with Crippen LogP contribution in [0.2, 0.25) is 0 Å². The minimum absolute atomic E-state index is 0.0900. The molecule has 0 aliphatic rings. The van der Waals surface area contributed by atoms with Gasteiger partial charge < -0.3 is 14.8 Å². The topological polar surface area (TPSA) is 93.7 Å². The second-order valence-electron chi connectivity index (χ2n) is 8.14. The highest BCUT2D eigenvalue weighted by Gasteiger charge is 2.16. The van der Waals surface area contributed by atoms with Crippen LogP contribution >= 0.6 is 0 Å². The zero-order valence-electron chi connectivity index (χ0n) is 19.9. The van der Waals surface area contributed by atoms with Gasteiger partial charge in [-0.25, -0.2) is 8.42 Å². The second-order valence-corrected chi connectivity index (χ2v) is 9.83. The third kappa shape index (κ3) is 6.43. The molecule has 0 bridgehead atoms. The highest BCUT2D eigenvalue weighted by Crippen LogP contribution is 2.29. The smallest absolute Gasteiger partial charge is 0.262 e. The Balaban J connectivity index is 1.36. The molecule has 0 atom stereocenters. The predicted octanol–water partition coefficient (Wildman–Crippen LogP) is 5.91. The van der Waals surface area contributed by atoms with Crippen molar-refractivity contribution in [3.05, 3.63) is 108 Å². The van der Waals surface area contributed by atoms with Crippen molar-refractivity contribution in [2.24, 2.45) is 0 Å². The van der Waals surface area contributed by atoms with Gasteiger partial charge in [0.1, 0.15) is 11.5 Å². The normalized spacial score (nSPS) is 10.9. The van der Waals surface area contributed by atoms with E-state index in [1.54, 1.807) is 24.3 Å². The van der Waals surface area contributed by atoms with Gasteiger partial charge in [0.25, 0.3) is 15.9 Å². The molecule has 8 heteroatoms. The van der Waals surface area contributed by atoms with E-state index in [0.717, 1.165) is 11.1 Å². The number of nitrogens with one attached hydrogen (secondary N) is 2. The monoisotopic (exact) mass is 502 g/mol. The van der Waals surface area contributed by atoms with Gasteiger partial charge >= 0.3 is 0 Å². The van der Waals surface area contributed by atoms with Crippen molar-refractivity contribution >= 4 is 27.3 Å². The van der Waals surface area contributed by atoms with Crippen molar-refractivity contribution < 1.29 is 22.7 Å². The maximum absolute atomic E-state index is 12.8. The molecule has 2 N–H and O–H groups in total. The highest BCUT2D eigenvalue weighted by molar-refractivity contribution is 7.92. The van der Waals surface area contributed by atoms with Crippen molar-refractivity contribution in [3.63, 3.8) is 0 Å². The molecule has 4 rings (SSSR count). The van der Waals surface area contributed by atoms with E-state index in [4.69, 9.17) is 9.47 Å². The summed E-state index contributed by atoms with van der Waals surface area (Å²) in [5.41, 5.74) is 2.82. The van der Waals surface area contributed by atoms with Gasteiger partial charge in [0.05, 0.1) is 16.3 Å². The summed E-state index contributed by atoms with van der Waals surface area (Å²) in [5, 5.41) is 2.78. The molecule has 0 aliphatic carbocycles. The Morgan fingerprint density at radius 2 is 1.47 bits per heavy atom. The van der Waals surface area contributed by atoms with E-state index in [0.29, 0.717) is 28.6 Å². The summed E-state index contributed by atoms with van der Waals surface area (Å²) in [7, 11) is -3.77. The van der Waals surface area contributed by atoms with Gasteiger partial charge in [0.2, 0.25) is 0 Å². The number of amides is 1. The molecule has 0 aromatic heterocycles. The van der Waals surface area contributed by atoms with Gasteiger partial charge in [-0.15, -0.1) is 0 Å². The van der Waals surface area contributed by atoms with Gasteiger partial charge in [-0.3, -0.25) is 9.52 Å². The summed E-state index contributed by atoms with van der Waals surface area (Å²) in [5.74, 6) is 1.14. The molecule has 0 heterocycles. The van der Waals surface area contributed by atoms with Crippen LogP contribution in [0.4, 0.5) is 11.4 Å². The molecule has 0 aliphatic heterocycles. The number of carbonyl (C=O) groups excluding carboxylic acids is 1. The minimum atomic E-state index is -3.77. The van der Waals surface area contributed by atoms with Crippen molar-refractivity contribution in [1.82, 2.24) is 0 Å². The Hall–Kier alpha value is -4.30. The van der Waals surface area contributed by atoms with E-state index in [2.05, 4.69) is 10.0 Å². The van der Waals surface area contributed by atoms with Crippen molar-refractivity contribution in [3.8, 4) is 17.2 Å². The third-order valence-electron chi connectivity index (χ3n) is 5.27. The van der Waals surface area contributed by atoms with Crippen LogP contribution in [0.15, 0.2) is 102 Å². The summed E-state index contributed by atoms with van der Waals surface area (Å²) < 4.78 is 39.6. The molecular formula is C28H26N2O5S. The van der Waals surface area contributed by atoms with Gasteiger partial charge in [0.15, 0.2) is 12.4 Å². The highest BCUT2D eigenvalue weighted by atomic mass is 32.2. The molecule has 4 aromatic carbocycles. The van der Waals surface area contributed by atoms with Crippen LogP contribution in [0.5, 0.6) is 17.2 Å². The van der Waals surface area contributed by atoms with E-state index >= 15 is 0 Å². The summed E-state index contributed by atoms with van der Waals surface area (Å²) in [4.78, 5) is 12.6. The quantitative estimate of drug-likeness (QED) is 0.297. The van der Waals surface area contributed by atoms with Crippen molar-refractivity contribution in [2.45, 2.75) is 18.7 Å². The van der Waals surface area contributed by atoms with Gasteiger partial charge in [-0.05, 0) is 79.6 Å². The Morgan fingerprint density at radius 3 is 2.22 bits per heavy atom. The molecule has 7 nitrogen and oxygen atoms in total. The fourth-order valence-corrected chi connectivity index (χ4v) is 4.50. The summed E-state index contributed by atoms with van der Waals surface area (Å²) in [6, 6.07) is 27.8. The number of anilines is 2. The Bertz CT molecular complexity index is 1450. The number of benzene rings is 4. The van der Waals surface area contributed by atoms with Crippen LogP contribution in [0, 0.1) is 13.8 Å². The van der Waals surface area contributed by atoms with Crippen molar-refractivity contribution in [2.75, 3.05) is 16.6 Å². The number of sulfonamides is 1. The minimum Gasteiger partial charge on any atom is -0.484 e. The molecule has 36 heavy (non-hydrogen) atoms. The predicted molar refractivity (Wildman–Crippen MR) is 140 cm³/mol. The maximum Gasteiger partial charge on any atom is 0.262 e. The van der Waals surface area contributed by atoms with Crippen LogP contribution in [-0.2, 0) is 14.8 Å². The first-order valence-corrected chi connectivity index (χ1v) is 12.7. The zero-order valence-corrected chi connectivity index (χ0v) is 20.7. The lowest BCUT2D eigenvalue weighted by atomic mass is 10.1. The molecule has 0 spiro atoms. The molecule has 1 amide bonds. The number of hydrogen-bond acceptors (Lipinski definition) is 5. The van der Waals surface area contributed by atoms with Crippen LogP contribution < -0.4 is 19.5 Å². The molecular weight excluding hydrogens is 476 g/mol. The van der Waals surface area contributed by atoms with Gasteiger partial charge in [0, 0.05) is 0 Å². The summed E-state index contributed by atoms with van der Waals surface area (Å²) in [6.07, 6.45) is 0. The number of rotatable bonds is 9. The van der Waals surface area contributed by atoms with Crippen LogP contribution in [-0.4, -0.2) is 20.9 Å². The van der Waals surface area contributed by atoms with Gasteiger partial charge in [-0.2, -0.15) is 0 Å². The Kier molecular flexibility index (Phi) is 7.56. The van der Waals surface area contributed by atoms with E-state index in [-0.39, 0.29) is 17.4 Å². The lowest BCUT2D eigenvalue weighted by Gasteiger charge is -2.13. The number of hydrogen-bond donors (Lipinski definition) is 2. The first kappa shape index (κ1) is 24.8. The molecule has 0 radical (unpaired) electrons. The van der Waals surface area contributed by atoms with E-state index in [9.17, 15) is 13.2 Å². The van der Waals surface area contributed by atoms with Gasteiger partial charge in [-0.1, -0.05) is 42.5 Å². The summed E-state index contributed by atoms with van der Waals surface area (Å²) >= 11 is 0. The number of ether oxygens (including phenoxy) is 2. The van der Waals surface area contributed by atoms with E-state index < -0.39 is 10.0 Å². The number of para-hydroxylation sites is 3. The number of aryl methyl sites for hydroxylation is 2. The zero-order chi connectivity index (χ0) is 25.5. The van der Waals surface area contributed by atoms with E-state index in [1.807, 2.05) is 62.4 Å². The third-order valence-corrected chi connectivity index (χ3v) is 6.65. The fourth-order valence-electron chi connectivity index (χ4n) is 3.37. The molecule has 0 saturated heterocycles. The average Bonchev–Trinajstić information content (AvgIpc) is 2.87. The van der Waals surface area contributed by atoms with Crippen LogP contribution in [0.3, 0.4) is 0 Å². The molecule has 0 unspecified atom stereocenters. The van der Waals surface area contributed by atoms with Crippen LogP contribution in [0.1, 0.15) is 11.1 Å². The largest absolute Gasteiger partial charge is 0.484 e. The lowest BCUT2D eigenvalue weighted by Crippen LogP contribution is -2.20. The van der Waals surface area contributed by atoms with Crippen molar-refractivity contribution in [1.29, 1.82) is 0 Å². The molecule has 4 aromatic rings. The molecule has 0 saturated carbocycles. The first-order valence-electron chi connectivity index (χ1n) is 11.2. The first-order chi connectivity index (χ1) is 17.3.